The first kappa shape index (κ1) is 25.1. The van der Waals surface area contributed by atoms with Crippen LogP contribution in [0.15, 0.2) is 18.5 Å². The van der Waals surface area contributed by atoms with Crippen molar-refractivity contribution in [1.82, 2.24) is 29.7 Å². The van der Waals surface area contributed by atoms with Crippen molar-refractivity contribution < 1.29 is 13.5 Å². The van der Waals surface area contributed by atoms with Crippen LogP contribution in [0.4, 0.5) is 19.7 Å². The number of hydrogen-bond donors (Lipinski definition) is 2. The first-order valence-corrected chi connectivity index (χ1v) is 14.9. The van der Waals surface area contributed by atoms with Gasteiger partial charge < -0.3 is 25.3 Å². The Bertz CT molecular complexity index is 1730. The summed E-state index contributed by atoms with van der Waals surface area (Å²) in [7, 11) is 0. The van der Waals surface area contributed by atoms with E-state index in [1.54, 1.807) is 12.4 Å². The number of piperazine rings is 1. The molecule has 0 saturated carbocycles. The summed E-state index contributed by atoms with van der Waals surface area (Å²) in [5.74, 6) is 0.573. The van der Waals surface area contributed by atoms with Gasteiger partial charge in [0.15, 0.2) is 11.2 Å². The summed E-state index contributed by atoms with van der Waals surface area (Å²) in [5.41, 5.74) is 7.90. The summed E-state index contributed by atoms with van der Waals surface area (Å²) in [6.07, 6.45) is 4.27. The molecule has 0 aliphatic carbocycles. The van der Waals surface area contributed by atoms with Crippen molar-refractivity contribution in [3.05, 3.63) is 35.4 Å². The van der Waals surface area contributed by atoms with Crippen LogP contribution >= 0.6 is 11.3 Å². The van der Waals surface area contributed by atoms with E-state index in [-0.39, 0.29) is 11.1 Å². The van der Waals surface area contributed by atoms with E-state index in [2.05, 4.69) is 26.2 Å². The Morgan fingerprint density at radius 3 is 3.00 bits per heavy atom. The summed E-state index contributed by atoms with van der Waals surface area (Å²) >= 11 is 1.08. The van der Waals surface area contributed by atoms with Gasteiger partial charge in [-0.1, -0.05) is 6.07 Å². The molecule has 0 amide bonds. The first-order valence-electron chi connectivity index (χ1n) is 14.1. The number of benzene rings is 1. The zero-order valence-corrected chi connectivity index (χ0v) is 23.1. The SMILES string of the molecule is N#Cc1c(N)sc2c(F)ccc(Cn3cnc4c(OC[C@@]56CCCN5C[C@H](F)C6)nc(N5C[C@@H]6C[C@H]5CN6)nc43)c12. The number of rotatable bonds is 6. The molecule has 4 atom stereocenters. The minimum absolute atomic E-state index is 0.284. The van der Waals surface area contributed by atoms with E-state index in [0.717, 1.165) is 55.8 Å². The van der Waals surface area contributed by atoms with Gasteiger partial charge in [0.25, 0.3) is 0 Å². The lowest BCUT2D eigenvalue weighted by atomic mass is 9.95. The fourth-order valence-electron chi connectivity index (χ4n) is 7.39. The van der Waals surface area contributed by atoms with Crippen molar-refractivity contribution in [2.45, 2.75) is 56.0 Å². The minimum atomic E-state index is -0.844. The average Bonchev–Trinajstić information content (AvgIpc) is 3.79. The molecule has 0 unspecified atom stereocenters. The zero-order valence-electron chi connectivity index (χ0n) is 22.3. The maximum Gasteiger partial charge on any atom is 0.247 e. The molecular formula is C28H29F2N9OS. The van der Waals surface area contributed by atoms with Gasteiger partial charge in [0.05, 0.1) is 28.7 Å². The van der Waals surface area contributed by atoms with E-state index in [1.165, 1.54) is 6.07 Å². The summed E-state index contributed by atoms with van der Waals surface area (Å²) in [5, 5.41) is 14.1. The van der Waals surface area contributed by atoms with E-state index in [1.807, 2.05) is 4.57 Å². The number of nitrogens with two attached hydrogens (primary N) is 1. The van der Waals surface area contributed by atoms with E-state index in [9.17, 15) is 14.0 Å². The number of alkyl halides is 1. The molecule has 4 aliphatic heterocycles. The van der Waals surface area contributed by atoms with Crippen LogP contribution in [0.5, 0.6) is 5.88 Å². The number of fused-ring (bicyclic) bond motifs is 5. The predicted octanol–water partition coefficient (Wildman–Crippen LogP) is 3.19. The topological polar surface area (TPSA) is 121 Å². The number of nitrogens with zero attached hydrogens (tertiary/aromatic N) is 7. The van der Waals surface area contributed by atoms with Gasteiger partial charge in [-0.25, -0.2) is 13.8 Å². The van der Waals surface area contributed by atoms with Crippen molar-refractivity contribution in [2.75, 3.05) is 43.4 Å². The molecule has 41 heavy (non-hydrogen) atoms. The number of imidazole rings is 1. The van der Waals surface area contributed by atoms with Crippen molar-refractivity contribution in [2.24, 2.45) is 0 Å². The molecule has 0 radical (unpaired) electrons. The lowest BCUT2D eigenvalue weighted by Crippen LogP contribution is -2.44. The normalized spacial score (nSPS) is 27.3. The third kappa shape index (κ3) is 3.88. The Kier molecular flexibility index (Phi) is 5.64. The monoisotopic (exact) mass is 577 g/mol. The molecule has 8 rings (SSSR count). The van der Waals surface area contributed by atoms with Crippen molar-refractivity contribution in [1.29, 1.82) is 5.26 Å². The van der Waals surface area contributed by atoms with Crippen LogP contribution < -0.4 is 20.7 Å². The van der Waals surface area contributed by atoms with Gasteiger partial charge >= 0.3 is 0 Å². The molecule has 7 heterocycles. The molecule has 4 saturated heterocycles. The molecule has 1 aromatic carbocycles. The molecular weight excluding hydrogens is 548 g/mol. The molecule has 0 spiro atoms. The molecule has 212 valence electrons. The lowest BCUT2D eigenvalue weighted by molar-refractivity contribution is 0.111. The largest absolute Gasteiger partial charge is 0.474 e. The van der Waals surface area contributed by atoms with Crippen LogP contribution in [0.3, 0.4) is 0 Å². The number of halogens is 2. The number of anilines is 2. The van der Waals surface area contributed by atoms with Gasteiger partial charge in [0, 0.05) is 43.5 Å². The number of nitrogen functional groups attached to an aromatic ring is 1. The Morgan fingerprint density at radius 1 is 1.29 bits per heavy atom. The third-order valence-corrected chi connectivity index (χ3v) is 10.4. The zero-order chi connectivity index (χ0) is 27.9. The minimum Gasteiger partial charge on any atom is -0.474 e. The van der Waals surface area contributed by atoms with Crippen molar-refractivity contribution >= 4 is 43.5 Å². The highest BCUT2D eigenvalue weighted by Crippen LogP contribution is 2.41. The van der Waals surface area contributed by atoms with Crippen LogP contribution in [0.1, 0.15) is 36.8 Å². The fraction of sp³-hybridized carbons (Fsp3) is 0.500. The number of nitrogens with one attached hydrogen (secondary N) is 1. The van der Waals surface area contributed by atoms with Gasteiger partial charge in [-0.15, -0.1) is 11.3 Å². The van der Waals surface area contributed by atoms with E-state index in [0.29, 0.717) is 76.3 Å². The summed E-state index contributed by atoms with van der Waals surface area (Å²) in [6, 6.07) is 5.94. The van der Waals surface area contributed by atoms with E-state index in [4.69, 9.17) is 20.4 Å². The van der Waals surface area contributed by atoms with Crippen LogP contribution in [0.2, 0.25) is 0 Å². The predicted molar refractivity (Wildman–Crippen MR) is 151 cm³/mol. The Morgan fingerprint density at radius 2 is 2.20 bits per heavy atom. The molecule has 3 N–H and O–H groups in total. The Hall–Kier alpha value is -3.60. The second-order valence-electron chi connectivity index (χ2n) is 11.7. The highest BCUT2D eigenvalue weighted by Gasteiger charge is 2.49. The van der Waals surface area contributed by atoms with Crippen molar-refractivity contribution in [3.63, 3.8) is 0 Å². The maximum absolute atomic E-state index is 14.7. The molecule has 3 aromatic heterocycles. The quantitative estimate of drug-likeness (QED) is 0.356. The van der Waals surface area contributed by atoms with Gasteiger partial charge in [-0.2, -0.15) is 15.2 Å². The Labute approximate surface area is 238 Å². The van der Waals surface area contributed by atoms with Gasteiger partial charge in [0.1, 0.15) is 29.7 Å². The highest BCUT2D eigenvalue weighted by molar-refractivity contribution is 7.23. The second kappa shape index (κ2) is 9.20. The average molecular weight is 578 g/mol. The summed E-state index contributed by atoms with van der Waals surface area (Å²) in [6.45, 7) is 3.68. The lowest BCUT2D eigenvalue weighted by Gasteiger charge is -2.31. The number of nitriles is 1. The second-order valence-corrected chi connectivity index (χ2v) is 12.8. The molecule has 4 aliphatic rings. The Balaban J connectivity index is 1.20. The standard InChI is InChI=1S/C28H29F2N9OS/c29-16-7-28(4-1-5-38(28)11-16)13-40-26-22-25(35-27(36-26)39-12-17-6-18(39)9-33-17)37(14-34-22)10-15-2-3-20(30)23-21(15)19(8-31)24(32)41-23/h2-3,14,16-18,33H,1,4-7,9-13,32H2/t16-,17+,18+,28+/m1/s1. The number of hydrogen-bond acceptors (Lipinski definition) is 10. The van der Waals surface area contributed by atoms with Gasteiger partial charge in [0.2, 0.25) is 11.8 Å². The molecule has 13 heteroatoms. The van der Waals surface area contributed by atoms with E-state index >= 15 is 0 Å². The molecule has 10 nitrogen and oxygen atoms in total. The third-order valence-electron chi connectivity index (χ3n) is 9.33. The maximum atomic E-state index is 14.7. The van der Waals surface area contributed by atoms with E-state index < -0.39 is 12.0 Å². The molecule has 4 aromatic rings. The number of aromatic nitrogens is 4. The van der Waals surface area contributed by atoms with Crippen LogP contribution in [-0.2, 0) is 6.54 Å². The summed E-state index contributed by atoms with van der Waals surface area (Å²) < 4.78 is 37.8. The fourth-order valence-corrected chi connectivity index (χ4v) is 8.36. The number of ether oxygens (including phenoxy) is 1. The highest BCUT2D eigenvalue weighted by atomic mass is 32.1. The van der Waals surface area contributed by atoms with Gasteiger partial charge in [-0.05, 0) is 37.4 Å². The summed E-state index contributed by atoms with van der Waals surface area (Å²) in [4.78, 5) is 18.9. The van der Waals surface area contributed by atoms with Crippen LogP contribution in [0.25, 0.3) is 21.3 Å². The molecule has 4 fully saturated rings. The molecule has 2 bridgehead atoms. The van der Waals surface area contributed by atoms with Crippen LogP contribution in [0, 0.1) is 17.1 Å². The van der Waals surface area contributed by atoms with Crippen molar-refractivity contribution in [3.8, 4) is 11.9 Å². The number of thiophene rings is 1. The smallest absolute Gasteiger partial charge is 0.247 e. The first-order chi connectivity index (χ1) is 19.9. The van der Waals surface area contributed by atoms with Gasteiger partial charge in [-0.3, -0.25) is 4.90 Å². The van der Waals surface area contributed by atoms with Crippen LogP contribution in [-0.4, -0.2) is 81.0 Å².